The first kappa shape index (κ1) is 12.0. The van der Waals surface area contributed by atoms with E-state index in [9.17, 15) is 0 Å². The molecule has 0 saturated carbocycles. The molecule has 1 fully saturated rings. The Morgan fingerprint density at radius 3 is 1.86 bits per heavy atom. The van der Waals surface area contributed by atoms with Gasteiger partial charge in [0.05, 0.1) is 0 Å². The van der Waals surface area contributed by atoms with E-state index in [1.165, 1.54) is 45.7 Å². The van der Waals surface area contributed by atoms with Gasteiger partial charge in [0.25, 0.3) is 0 Å². The summed E-state index contributed by atoms with van der Waals surface area (Å²) in [5, 5.41) is 0. The van der Waals surface area contributed by atoms with Crippen LogP contribution in [-0.4, -0.2) is 49.1 Å². The lowest BCUT2D eigenvalue weighted by molar-refractivity contribution is 0.125. The molecular weight excluding hydrogens is 172 g/mol. The smallest absolute Gasteiger partial charge is 0.0110 e. The molecule has 0 aromatic carbocycles. The fourth-order valence-corrected chi connectivity index (χ4v) is 1.82. The first-order valence-electron chi connectivity index (χ1n) is 5.96. The van der Waals surface area contributed by atoms with Crippen LogP contribution in [0, 0.1) is 5.41 Å². The molecule has 1 aliphatic heterocycles. The SMILES string of the molecule is CCN1CCN(CCC(C)(C)C)CC1. The lowest BCUT2D eigenvalue weighted by Gasteiger charge is -2.35. The van der Waals surface area contributed by atoms with E-state index in [4.69, 9.17) is 0 Å². The normalized spacial score (nSPS) is 21.4. The number of hydrogen-bond donors (Lipinski definition) is 0. The summed E-state index contributed by atoms with van der Waals surface area (Å²) in [5.74, 6) is 0. The molecule has 0 aliphatic carbocycles. The molecule has 14 heavy (non-hydrogen) atoms. The van der Waals surface area contributed by atoms with Gasteiger partial charge in [-0.15, -0.1) is 0 Å². The summed E-state index contributed by atoms with van der Waals surface area (Å²) in [7, 11) is 0. The molecule has 2 nitrogen and oxygen atoms in total. The monoisotopic (exact) mass is 198 g/mol. The van der Waals surface area contributed by atoms with Crippen LogP contribution in [0.1, 0.15) is 34.1 Å². The van der Waals surface area contributed by atoms with Crippen LogP contribution < -0.4 is 0 Å². The molecule has 1 aliphatic rings. The van der Waals surface area contributed by atoms with Gasteiger partial charge in [-0.1, -0.05) is 27.7 Å². The van der Waals surface area contributed by atoms with Crippen LogP contribution in [0.3, 0.4) is 0 Å². The van der Waals surface area contributed by atoms with Crippen molar-refractivity contribution >= 4 is 0 Å². The Hall–Kier alpha value is -0.0800. The van der Waals surface area contributed by atoms with Gasteiger partial charge >= 0.3 is 0 Å². The van der Waals surface area contributed by atoms with Crippen LogP contribution in [0.25, 0.3) is 0 Å². The highest BCUT2D eigenvalue weighted by atomic mass is 15.3. The molecule has 0 N–H and O–H groups in total. The number of piperazine rings is 1. The molecule has 0 amide bonds. The molecule has 0 bridgehead atoms. The van der Waals surface area contributed by atoms with Gasteiger partial charge in [-0.2, -0.15) is 0 Å². The maximum atomic E-state index is 2.61. The Balaban J connectivity index is 2.16. The summed E-state index contributed by atoms with van der Waals surface area (Å²) in [6.07, 6.45) is 1.32. The molecule has 0 spiro atoms. The van der Waals surface area contributed by atoms with E-state index in [2.05, 4.69) is 37.5 Å². The number of hydrogen-bond acceptors (Lipinski definition) is 2. The van der Waals surface area contributed by atoms with Crippen molar-refractivity contribution in [3.05, 3.63) is 0 Å². The van der Waals surface area contributed by atoms with Gasteiger partial charge < -0.3 is 9.80 Å². The Kier molecular flexibility index (Phi) is 4.39. The van der Waals surface area contributed by atoms with Crippen LogP contribution in [0.4, 0.5) is 0 Å². The predicted octanol–water partition coefficient (Wildman–Crippen LogP) is 2.06. The van der Waals surface area contributed by atoms with Crippen molar-refractivity contribution in [1.82, 2.24) is 9.80 Å². The minimum Gasteiger partial charge on any atom is -0.301 e. The van der Waals surface area contributed by atoms with Gasteiger partial charge in [0.2, 0.25) is 0 Å². The molecule has 0 atom stereocenters. The van der Waals surface area contributed by atoms with Crippen molar-refractivity contribution < 1.29 is 0 Å². The number of nitrogens with zero attached hydrogens (tertiary/aromatic N) is 2. The van der Waals surface area contributed by atoms with E-state index >= 15 is 0 Å². The summed E-state index contributed by atoms with van der Waals surface area (Å²) >= 11 is 0. The highest BCUT2D eigenvalue weighted by molar-refractivity contribution is 4.73. The maximum Gasteiger partial charge on any atom is 0.0110 e. The second-order valence-electron chi connectivity index (χ2n) is 5.59. The van der Waals surface area contributed by atoms with E-state index in [1.807, 2.05) is 0 Å². The topological polar surface area (TPSA) is 6.48 Å². The zero-order valence-electron chi connectivity index (χ0n) is 10.3. The lowest BCUT2D eigenvalue weighted by atomic mass is 9.92. The van der Waals surface area contributed by atoms with E-state index < -0.39 is 0 Å². The van der Waals surface area contributed by atoms with Gasteiger partial charge in [-0.25, -0.2) is 0 Å². The van der Waals surface area contributed by atoms with Gasteiger partial charge in [-0.05, 0) is 24.9 Å². The molecule has 2 heteroatoms. The third-order valence-corrected chi connectivity index (χ3v) is 3.09. The van der Waals surface area contributed by atoms with Crippen molar-refractivity contribution in [2.45, 2.75) is 34.1 Å². The summed E-state index contributed by atoms with van der Waals surface area (Å²) < 4.78 is 0. The van der Waals surface area contributed by atoms with E-state index in [0.29, 0.717) is 5.41 Å². The third-order valence-electron chi connectivity index (χ3n) is 3.09. The minimum absolute atomic E-state index is 0.488. The highest BCUT2D eigenvalue weighted by Gasteiger charge is 2.17. The van der Waals surface area contributed by atoms with Crippen molar-refractivity contribution in [1.29, 1.82) is 0 Å². The third kappa shape index (κ3) is 4.43. The van der Waals surface area contributed by atoms with Crippen LogP contribution in [0.5, 0.6) is 0 Å². The predicted molar refractivity (Wildman–Crippen MR) is 62.6 cm³/mol. The molecule has 0 radical (unpaired) electrons. The van der Waals surface area contributed by atoms with Crippen molar-refractivity contribution in [3.63, 3.8) is 0 Å². The van der Waals surface area contributed by atoms with Crippen molar-refractivity contribution in [2.75, 3.05) is 39.3 Å². The van der Waals surface area contributed by atoms with E-state index in [-0.39, 0.29) is 0 Å². The zero-order chi connectivity index (χ0) is 10.6. The van der Waals surface area contributed by atoms with Crippen LogP contribution in [0.2, 0.25) is 0 Å². The van der Waals surface area contributed by atoms with Crippen molar-refractivity contribution in [3.8, 4) is 0 Å². The summed E-state index contributed by atoms with van der Waals surface area (Å²) in [6.45, 7) is 16.8. The second-order valence-corrected chi connectivity index (χ2v) is 5.59. The summed E-state index contributed by atoms with van der Waals surface area (Å²) in [6, 6.07) is 0. The first-order chi connectivity index (χ1) is 6.51. The van der Waals surface area contributed by atoms with Gasteiger partial charge in [0, 0.05) is 26.2 Å². The Morgan fingerprint density at radius 2 is 1.43 bits per heavy atom. The summed E-state index contributed by atoms with van der Waals surface area (Å²) in [5.41, 5.74) is 0.488. The molecule has 1 rings (SSSR count). The first-order valence-corrected chi connectivity index (χ1v) is 5.96. The maximum absolute atomic E-state index is 2.61. The van der Waals surface area contributed by atoms with Gasteiger partial charge in [0.15, 0.2) is 0 Å². The number of likely N-dealkylation sites (N-methyl/N-ethyl adjacent to an activating group) is 1. The van der Waals surface area contributed by atoms with E-state index in [1.54, 1.807) is 0 Å². The second kappa shape index (κ2) is 5.13. The van der Waals surface area contributed by atoms with Crippen LogP contribution in [0.15, 0.2) is 0 Å². The lowest BCUT2D eigenvalue weighted by Crippen LogP contribution is -2.46. The fraction of sp³-hybridized carbons (Fsp3) is 1.00. The van der Waals surface area contributed by atoms with Gasteiger partial charge in [0.1, 0.15) is 0 Å². The molecule has 0 aromatic heterocycles. The van der Waals surface area contributed by atoms with Crippen molar-refractivity contribution in [2.24, 2.45) is 5.41 Å². The molecule has 0 unspecified atom stereocenters. The largest absolute Gasteiger partial charge is 0.301 e. The Morgan fingerprint density at radius 1 is 0.929 bits per heavy atom. The van der Waals surface area contributed by atoms with Crippen LogP contribution >= 0.6 is 0 Å². The Bertz CT molecular complexity index is 152. The minimum atomic E-state index is 0.488. The molecule has 84 valence electrons. The Labute approximate surface area is 89.3 Å². The standard InChI is InChI=1S/C12H26N2/c1-5-13-8-10-14(11-9-13)7-6-12(2,3)4/h5-11H2,1-4H3. The molecule has 1 heterocycles. The van der Waals surface area contributed by atoms with Gasteiger partial charge in [-0.3, -0.25) is 0 Å². The fourth-order valence-electron chi connectivity index (χ4n) is 1.82. The molecule has 0 aromatic rings. The van der Waals surface area contributed by atoms with E-state index in [0.717, 1.165) is 0 Å². The number of rotatable bonds is 3. The molecule has 1 saturated heterocycles. The highest BCUT2D eigenvalue weighted by Crippen LogP contribution is 2.19. The average molecular weight is 198 g/mol. The summed E-state index contributed by atoms with van der Waals surface area (Å²) in [4.78, 5) is 5.14. The molecular formula is C12H26N2. The zero-order valence-corrected chi connectivity index (χ0v) is 10.3. The quantitative estimate of drug-likeness (QED) is 0.685. The average Bonchev–Trinajstić information content (AvgIpc) is 2.14. The van der Waals surface area contributed by atoms with Crippen LogP contribution in [-0.2, 0) is 0 Å².